The average Bonchev–Trinajstić information content (AvgIpc) is 2.64. The molecule has 8 heteroatoms. The maximum absolute atomic E-state index is 10.9. The molecule has 2 aliphatic carbocycles. The molecule has 0 spiro atoms. The summed E-state index contributed by atoms with van der Waals surface area (Å²) in [6.45, 7) is 0. The first-order chi connectivity index (χ1) is 12.5. The number of benzene rings is 1. The molecule has 1 aromatic rings. The van der Waals surface area contributed by atoms with Gasteiger partial charge in [-0.25, -0.2) is 0 Å². The van der Waals surface area contributed by atoms with Crippen LogP contribution in [0.1, 0.15) is 12.8 Å². The smallest absolute Gasteiger partial charge is 0.217 e. The van der Waals surface area contributed by atoms with Crippen molar-refractivity contribution in [2.24, 2.45) is 0 Å². The van der Waals surface area contributed by atoms with Crippen molar-refractivity contribution in [1.29, 1.82) is 0 Å². The van der Waals surface area contributed by atoms with Gasteiger partial charge in [0.25, 0.3) is 0 Å². The lowest BCUT2D eigenvalue weighted by atomic mass is 10.1. The van der Waals surface area contributed by atoms with Crippen molar-refractivity contribution in [3.63, 3.8) is 0 Å². The van der Waals surface area contributed by atoms with Gasteiger partial charge in [-0.1, -0.05) is 12.2 Å². The van der Waals surface area contributed by atoms with Gasteiger partial charge in [-0.2, -0.15) is 16.8 Å². The highest BCUT2D eigenvalue weighted by molar-refractivity contribution is 7.73. The van der Waals surface area contributed by atoms with Gasteiger partial charge in [0.1, 0.15) is 0 Å². The fourth-order valence-electron chi connectivity index (χ4n) is 2.46. The number of allylic oxidation sites excluding steroid dienone is 6. The molecule has 6 nitrogen and oxygen atoms in total. The van der Waals surface area contributed by atoms with Crippen molar-refractivity contribution in [1.82, 2.24) is 0 Å². The fraction of sp³-hybridized carbons (Fsp3) is 0.111. The van der Waals surface area contributed by atoms with E-state index in [0.717, 1.165) is 22.8 Å². The highest BCUT2D eigenvalue weighted by Crippen LogP contribution is 2.19. The highest BCUT2D eigenvalue weighted by atomic mass is 32.2. The molecule has 1 aromatic carbocycles. The Balaban J connectivity index is 1.62. The number of rotatable bonds is 4. The standard InChI is InChI=1S/C18H16N2O4S2/c21-25(22)17-9-5-15(6-10-17)19-13-1-2-14(4-3-13)20-16-7-11-18(12-8-16)26(23)24/h1-9,11,19-20H,10,12H2. The zero-order chi connectivity index (χ0) is 18.5. The van der Waals surface area contributed by atoms with Crippen LogP contribution in [0.3, 0.4) is 0 Å². The molecule has 0 atom stereocenters. The molecule has 0 aromatic heterocycles. The van der Waals surface area contributed by atoms with Crippen LogP contribution >= 0.6 is 0 Å². The van der Waals surface area contributed by atoms with Crippen LogP contribution in [0.25, 0.3) is 0 Å². The molecule has 0 unspecified atom stereocenters. The van der Waals surface area contributed by atoms with E-state index < -0.39 is 20.6 Å². The van der Waals surface area contributed by atoms with E-state index in [1.165, 1.54) is 0 Å². The number of nitrogens with one attached hydrogen (secondary N) is 2. The average molecular weight is 388 g/mol. The van der Waals surface area contributed by atoms with E-state index in [2.05, 4.69) is 10.6 Å². The Hall–Kier alpha value is -2.84. The third kappa shape index (κ3) is 4.62. The summed E-state index contributed by atoms with van der Waals surface area (Å²) in [5.74, 6) is 0. The molecule has 26 heavy (non-hydrogen) atoms. The van der Waals surface area contributed by atoms with Gasteiger partial charge in [0.15, 0.2) is 0 Å². The van der Waals surface area contributed by atoms with E-state index in [4.69, 9.17) is 0 Å². The second kappa shape index (κ2) is 8.03. The van der Waals surface area contributed by atoms with Crippen molar-refractivity contribution in [3.05, 3.63) is 72.1 Å². The Morgan fingerprint density at radius 1 is 0.615 bits per heavy atom. The van der Waals surface area contributed by atoms with Gasteiger partial charge >= 0.3 is 0 Å². The first-order valence-corrected chi connectivity index (χ1v) is 9.97. The topological polar surface area (TPSA) is 92.3 Å². The Morgan fingerprint density at radius 2 is 1.00 bits per heavy atom. The van der Waals surface area contributed by atoms with Crippen LogP contribution in [0.15, 0.2) is 72.1 Å². The third-order valence-electron chi connectivity index (χ3n) is 3.83. The predicted octanol–water partition coefficient (Wildman–Crippen LogP) is 2.30. The van der Waals surface area contributed by atoms with Crippen LogP contribution < -0.4 is 10.6 Å². The van der Waals surface area contributed by atoms with Gasteiger partial charge in [-0.05, 0) is 48.6 Å². The Labute approximate surface area is 154 Å². The SMILES string of the molecule is O=S(=O)=C1C=CC(Nc2ccc(NC3=CCC(=S(=O)=O)C=C3)cc2)=CC1. The quantitative estimate of drug-likeness (QED) is 0.769. The van der Waals surface area contributed by atoms with E-state index >= 15 is 0 Å². The molecule has 0 amide bonds. The molecule has 0 heterocycles. The van der Waals surface area contributed by atoms with Gasteiger partial charge in [-0.3, -0.25) is 0 Å². The summed E-state index contributed by atoms with van der Waals surface area (Å²) in [4.78, 5) is 0.732. The zero-order valence-electron chi connectivity index (χ0n) is 13.6. The second-order valence-corrected chi connectivity index (χ2v) is 7.61. The number of hydrogen-bond acceptors (Lipinski definition) is 6. The Kier molecular flexibility index (Phi) is 5.55. The van der Waals surface area contributed by atoms with E-state index in [9.17, 15) is 16.8 Å². The van der Waals surface area contributed by atoms with Gasteiger partial charge in [0, 0.05) is 35.6 Å². The van der Waals surface area contributed by atoms with Gasteiger partial charge in [0.2, 0.25) is 20.6 Å². The molecular weight excluding hydrogens is 372 g/mol. The minimum absolute atomic E-state index is 0.366. The van der Waals surface area contributed by atoms with Crippen LogP contribution in [0.5, 0.6) is 0 Å². The summed E-state index contributed by atoms with van der Waals surface area (Å²) in [5.41, 5.74) is 3.44. The minimum atomic E-state index is -2.17. The molecule has 2 aliphatic rings. The molecule has 0 radical (unpaired) electrons. The molecule has 0 saturated carbocycles. The van der Waals surface area contributed by atoms with Crippen molar-refractivity contribution in [3.8, 4) is 0 Å². The van der Waals surface area contributed by atoms with E-state index in [-0.39, 0.29) is 0 Å². The third-order valence-corrected chi connectivity index (χ3v) is 5.30. The van der Waals surface area contributed by atoms with Crippen LogP contribution in [-0.4, -0.2) is 26.6 Å². The van der Waals surface area contributed by atoms with Crippen molar-refractivity contribution < 1.29 is 16.8 Å². The van der Waals surface area contributed by atoms with Gasteiger partial charge in [0.05, 0.1) is 9.73 Å². The van der Waals surface area contributed by atoms with E-state index in [1.807, 2.05) is 36.4 Å². The number of hydrogen-bond donors (Lipinski definition) is 2. The maximum atomic E-state index is 10.9. The summed E-state index contributed by atoms with van der Waals surface area (Å²) < 4.78 is 43.5. The van der Waals surface area contributed by atoms with Crippen LogP contribution in [0.2, 0.25) is 0 Å². The molecule has 3 rings (SSSR count). The normalized spacial score (nSPS) is 16.0. The molecule has 0 bridgehead atoms. The van der Waals surface area contributed by atoms with Crippen LogP contribution in [0.4, 0.5) is 11.4 Å². The molecule has 0 saturated heterocycles. The summed E-state index contributed by atoms with van der Waals surface area (Å²) >= 11 is 0. The largest absolute Gasteiger partial charge is 0.356 e. The molecule has 134 valence electrons. The minimum Gasteiger partial charge on any atom is -0.356 e. The lowest BCUT2D eigenvalue weighted by molar-refractivity contribution is 0.625. The first kappa shape index (κ1) is 18.0. The molecule has 0 aliphatic heterocycles. The van der Waals surface area contributed by atoms with Crippen LogP contribution in [-0.2, 0) is 20.6 Å². The van der Waals surface area contributed by atoms with Crippen molar-refractivity contribution >= 4 is 41.7 Å². The molecular formula is C18H16N2O4S2. The molecule has 2 N–H and O–H groups in total. The highest BCUT2D eigenvalue weighted by Gasteiger charge is 2.06. The van der Waals surface area contributed by atoms with Crippen molar-refractivity contribution in [2.45, 2.75) is 12.8 Å². The lowest BCUT2D eigenvalue weighted by Gasteiger charge is -2.13. The molecule has 0 fully saturated rings. The summed E-state index contributed by atoms with van der Waals surface area (Å²) in [6.07, 6.45) is 11.0. The maximum Gasteiger partial charge on any atom is 0.217 e. The summed E-state index contributed by atoms with van der Waals surface area (Å²) in [5, 5.41) is 6.44. The summed E-state index contributed by atoms with van der Waals surface area (Å²) in [7, 11) is -4.35. The van der Waals surface area contributed by atoms with E-state index in [0.29, 0.717) is 22.6 Å². The summed E-state index contributed by atoms with van der Waals surface area (Å²) in [6, 6.07) is 7.61. The lowest BCUT2D eigenvalue weighted by Crippen LogP contribution is -2.06. The Bertz CT molecular complexity index is 1010. The fourth-order valence-corrected chi connectivity index (χ4v) is 3.26. The zero-order valence-corrected chi connectivity index (χ0v) is 15.3. The van der Waals surface area contributed by atoms with E-state index in [1.54, 1.807) is 24.3 Å². The first-order valence-electron chi connectivity index (χ1n) is 7.82. The van der Waals surface area contributed by atoms with Crippen LogP contribution in [0, 0.1) is 0 Å². The second-order valence-electron chi connectivity index (χ2n) is 5.62. The number of anilines is 2. The van der Waals surface area contributed by atoms with Gasteiger partial charge < -0.3 is 10.6 Å². The van der Waals surface area contributed by atoms with Crippen molar-refractivity contribution in [2.75, 3.05) is 10.6 Å². The predicted molar refractivity (Wildman–Crippen MR) is 105 cm³/mol. The monoisotopic (exact) mass is 388 g/mol. The van der Waals surface area contributed by atoms with Gasteiger partial charge in [-0.15, -0.1) is 0 Å². The Morgan fingerprint density at radius 3 is 1.27 bits per heavy atom.